The Morgan fingerprint density at radius 3 is 2.36 bits per heavy atom. The third-order valence-electron chi connectivity index (χ3n) is 3.52. The fourth-order valence-corrected chi connectivity index (χ4v) is 3.97. The van der Waals surface area contributed by atoms with E-state index in [2.05, 4.69) is 11.7 Å². The molecule has 0 radical (unpaired) electrons. The molecule has 0 bridgehead atoms. The van der Waals surface area contributed by atoms with Crippen LogP contribution in [0.5, 0.6) is 0 Å². The highest BCUT2D eigenvalue weighted by molar-refractivity contribution is 7.89. The van der Waals surface area contributed by atoms with Crippen molar-refractivity contribution in [1.29, 1.82) is 0 Å². The van der Waals surface area contributed by atoms with Crippen molar-refractivity contribution in [1.82, 2.24) is 4.31 Å². The molecule has 122 valence electrons. The van der Waals surface area contributed by atoms with Crippen LogP contribution in [0, 0.1) is 12.8 Å². The zero-order valence-electron chi connectivity index (χ0n) is 13.3. The summed E-state index contributed by atoms with van der Waals surface area (Å²) in [5.41, 5.74) is 0.994. The molecule has 0 saturated carbocycles. The van der Waals surface area contributed by atoms with Gasteiger partial charge in [-0.3, -0.25) is 0 Å². The van der Waals surface area contributed by atoms with Gasteiger partial charge in [-0.15, -0.1) is 11.7 Å². The first kappa shape index (κ1) is 18.4. The van der Waals surface area contributed by atoms with Crippen molar-refractivity contribution in [2.75, 3.05) is 6.54 Å². The topological polar surface area (TPSA) is 70.0 Å². The summed E-state index contributed by atoms with van der Waals surface area (Å²) in [6, 6.07) is 6.48. The van der Waals surface area contributed by atoms with Crippen molar-refractivity contribution in [3.05, 3.63) is 42.5 Å². The SMILES string of the molecule is C=CCC(C(C)C)N(C/C=N/O)S(=O)(=O)c1ccc(C)cc1. The lowest BCUT2D eigenvalue weighted by molar-refractivity contribution is 0.278. The fraction of sp³-hybridized carbons (Fsp3) is 0.438. The van der Waals surface area contributed by atoms with E-state index in [0.29, 0.717) is 6.42 Å². The summed E-state index contributed by atoms with van der Waals surface area (Å²) in [4.78, 5) is 0.235. The molecule has 6 heteroatoms. The summed E-state index contributed by atoms with van der Waals surface area (Å²) in [5.74, 6) is 0.102. The van der Waals surface area contributed by atoms with Gasteiger partial charge >= 0.3 is 0 Å². The molecule has 0 fully saturated rings. The average molecular weight is 324 g/mol. The van der Waals surface area contributed by atoms with Crippen LogP contribution in [-0.2, 0) is 10.0 Å². The van der Waals surface area contributed by atoms with Crippen LogP contribution in [0.3, 0.4) is 0 Å². The molecule has 5 nitrogen and oxygen atoms in total. The highest BCUT2D eigenvalue weighted by Gasteiger charge is 2.32. The number of rotatable bonds is 8. The zero-order chi connectivity index (χ0) is 16.8. The van der Waals surface area contributed by atoms with Crippen LogP contribution in [0.15, 0.2) is 47.0 Å². The quantitative estimate of drug-likeness (QED) is 0.346. The number of sulfonamides is 1. The van der Waals surface area contributed by atoms with Gasteiger partial charge < -0.3 is 5.21 Å². The summed E-state index contributed by atoms with van der Waals surface area (Å²) in [6.07, 6.45) is 3.42. The third-order valence-corrected chi connectivity index (χ3v) is 5.42. The van der Waals surface area contributed by atoms with E-state index in [1.54, 1.807) is 30.3 Å². The van der Waals surface area contributed by atoms with Crippen molar-refractivity contribution in [2.24, 2.45) is 11.1 Å². The van der Waals surface area contributed by atoms with Crippen molar-refractivity contribution in [2.45, 2.75) is 38.1 Å². The Kier molecular flexibility index (Phi) is 6.77. The van der Waals surface area contributed by atoms with Crippen LogP contribution >= 0.6 is 0 Å². The van der Waals surface area contributed by atoms with Crippen LogP contribution in [0.1, 0.15) is 25.8 Å². The molecule has 0 aromatic heterocycles. The van der Waals surface area contributed by atoms with E-state index in [4.69, 9.17) is 5.21 Å². The Morgan fingerprint density at radius 2 is 1.91 bits per heavy atom. The first-order chi connectivity index (χ1) is 10.3. The van der Waals surface area contributed by atoms with Crippen LogP contribution in [0.4, 0.5) is 0 Å². The van der Waals surface area contributed by atoms with E-state index in [9.17, 15) is 8.42 Å². The summed E-state index contributed by atoms with van der Waals surface area (Å²) in [6.45, 7) is 9.55. The first-order valence-corrected chi connectivity index (χ1v) is 8.64. The minimum atomic E-state index is -3.67. The molecule has 1 unspecified atom stereocenters. The number of hydrogen-bond acceptors (Lipinski definition) is 4. The van der Waals surface area contributed by atoms with Crippen molar-refractivity contribution >= 4 is 16.2 Å². The molecule has 0 aliphatic heterocycles. The van der Waals surface area contributed by atoms with E-state index >= 15 is 0 Å². The smallest absolute Gasteiger partial charge is 0.243 e. The minimum absolute atomic E-state index is 0.0173. The molecule has 1 aromatic carbocycles. The second-order valence-electron chi connectivity index (χ2n) is 5.52. The monoisotopic (exact) mass is 324 g/mol. The number of oxime groups is 1. The van der Waals surface area contributed by atoms with E-state index in [1.807, 2.05) is 20.8 Å². The van der Waals surface area contributed by atoms with Crippen LogP contribution < -0.4 is 0 Å². The van der Waals surface area contributed by atoms with Gasteiger partial charge in [-0.1, -0.05) is 37.6 Å². The zero-order valence-corrected chi connectivity index (χ0v) is 14.1. The molecule has 0 aliphatic carbocycles. The third kappa shape index (κ3) is 4.42. The van der Waals surface area contributed by atoms with Crippen molar-refractivity contribution in [3.8, 4) is 0 Å². The van der Waals surface area contributed by atoms with Gasteiger partial charge in [0.05, 0.1) is 17.7 Å². The van der Waals surface area contributed by atoms with E-state index in [1.165, 1.54) is 10.5 Å². The lowest BCUT2D eigenvalue weighted by Crippen LogP contribution is -2.44. The molecule has 22 heavy (non-hydrogen) atoms. The van der Waals surface area contributed by atoms with Crippen LogP contribution in [-0.4, -0.2) is 36.7 Å². The Labute approximate surface area is 133 Å². The van der Waals surface area contributed by atoms with Crippen molar-refractivity contribution < 1.29 is 13.6 Å². The summed E-state index contributed by atoms with van der Waals surface area (Å²) < 4.78 is 27.2. The maximum Gasteiger partial charge on any atom is 0.243 e. The Balaban J connectivity index is 3.29. The summed E-state index contributed by atoms with van der Waals surface area (Å²) >= 11 is 0. The molecule has 0 heterocycles. The van der Waals surface area contributed by atoms with Gasteiger partial charge in [-0.25, -0.2) is 8.42 Å². The highest BCUT2D eigenvalue weighted by atomic mass is 32.2. The van der Waals surface area contributed by atoms with Crippen LogP contribution in [0.25, 0.3) is 0 Å². The minimum Gasteiger partial charge on any atom is -0.411 e. The molecule has 0 spiro atoms. The van der Waals surface area contributed by atoms with E-state index in [0.717, 1.165) is 5.56 Å². The number of hydrogen-bond donors (Lipinski definition) is 1. The maximum atomic E-state index is 12.9. The lowest BCUT2D eigenvalue weighted by Gasteiger charge is -2.32. The molecule has 1 N–H and O–H groups in total. The first-order valence-electron chi connectivity index (χ1n) is 7.20. The van der Waals surface area contributed by atoms with Gasteiger partial charge in [0.15, 0.2) is 0 Å². The predicted molar refractivity (Wildman–Crippen MR) is 88.8 cm³/mol. The predicted octanol–water partition coefficient (Wildman–Crippen LogP) is 3.05. The van der Waals surface area contributed by atoms with Crippen LogP contribution in [0.2, 0.25) is 0 Å². The molecule has 0 aliphatic rings. The normalized spacial score (nSPS) is 13.9. The molecule has 1 rings (SSSR count). The van der Waals surface area contributed by atoms with Gasteiger partial charge in [-0.2, -0.15) is 4.31 Å². The Morgan fingerprint density at radius 1 is 1.32 bits per heavy atom. The largest absolute Gasteiger partial charge is 0.411 e. The van der Waals surface area contributed by atoms with Gasteiger partial charge in [0, 0.05) is 6.04 Å². The van der Waals surface area contributed by atoms with Gasteiger partial charge in [-0.05, 0) is 31.4 Å². The molecular weight excluding hydrogens is 300 g/mol. The lowest BCUT2D eigenvalue weighted by atomic mass is 10.0. The summed E-state index contributed by atoms with van der Waals surface area (Å²) in [5, 5.41) is 11.6. The Bertz CT molecular complexity index is 607. The molecular formula is C16H24N2O3S. The second-order valence-corrected chi connectivity index (χ2v) is 7.41. The maximum absolute atomic E-state index is 12.9. The standard InChI is InChI=1S/C16H24N2O3S/c1-5-6-16(13(2)3)18(12-11-17-19)22(20,21)15-9-7-14(4)8-10-15/h5,7-11,13,16,19H,1,6,12H2,2-4H3/b17-11+. The fourth-order valence-electron chi connectivity index (χ4n) is 2.27. The van der Waals surface area contributed by atoms with Gasteiger partial charge in [0.25, 0.3) is 0 Å². The second kappa shape index (κ2) is 8.10. The molecule has 1 atom stereocenters. The van der Waals surface area contributed by atoms with E-state index in [-0.39, 0.29) is 23.4 Å². The highest BCUT2D eigenvalue weighted by Crippen LogP contribution is 2.24. The number of benzene rings is 1. The van der Waals surface area contributed by atoms with E-state index < -0.39 is 10.0 Å². The van der Waals surface area contributed by atoms with Gasteiger partial charge in [0.1, 0.15) is 0 Å². The van der Waals surface area contributed by atoms with Gasteiger partial charge in [0.2, 0.25) is 10.0 Å². The molecule has 0 amide bonds. The number of aryl methyl sites for hydroxylation is 1. The Hall–Kier alpha value is -1.66. The van der Waals surface area contributed by atoms with Crippen molar-refractivity contribution in [3.63, 3.8) is 0 Å². The summed E-state index contributed by atoms with van der Waals surface area (Å²) in [7, 11) is -3.67. The molecule has 0 saturated heterocycles. The number of nitrogens with zero attached hydrogens (tertiary/aromatic N) is 2. The average Bonchev–Trinajstić information content (AvgIpc) is 2.46. The molecule has 1 aromatic rings.